The van der Waals surface area contributed by atoms with E-state index in [1.807, 2.05) is 30.3 Å². The minimum Gasteiger partial charge on any atom is -0.341 e. The summed E-state index contributed by atoms with van der Waals surface area (Å²) in [5, 5.41) is 2.75. The number of Topliss-reactive ketones (excluding diaryl/α,β-unsaturated/α-hetero) is 2. The number of imidazole rings is 1. The molecule has 154 valence electrons. The molecule has 0 radical (unpaired) electrons. The van der Waals surface area contributed by atoms with Gasteiger partial charge in [0.1, 0.15) is 11.7 Å². The number of nitrogens with zero attached hydrogens (tertiary/aromatic N) is 1. The summed E-state index contributed by atoms with van der Waals surface area (Å²) in [5.74, 6) is -1.72. The highest BCUT2D eigenvalue weighted by Crippen LogP contribution is 2.27. The maximum atomic E-state index is 13.6. The van der Waals surface area contributed by atoms with Crippen molar-refractivity contribution in [3.8, 4) is 0 Å². The Hall–Kier alpha value is -4.06. The van der Waals surface area contributed by atoms with Gasteiger partial charge in [0, 0.05) is 23.2 Å². The molecule has 0 aliphatic carbocycles. The fourth-order valence-corrected chi connectivity index (χ4v) is 3.41. The third kappa shape index (κ3) is 4.28. The highest BCUT2D eigenvalue weighted by Gasteiger charge is 2.33. The van der Waals surface area contributed by atoms with Gasteiger partial charge in [0.25, 0.3) is 0 Å². The molecular weight excluding hydrogens is 390 g/mol. The number of anilines is 1. The summed E-state index contributed by atoms with van der Waals surface area (Å²) in [7, 11) is 0. The Labute approximate surface area is 179 Å². The fourth-order valence-electron chi connectivity index (χ4n) is 3.41. The molecule has 6 heteroatoms. The molecule has 3 aromatic carbocycles. The first kappa shape index (κ1) is 20.2. The van der Waals surface area contributed by atoms with Gasteiger partial charge in [0.2, 0.25) is 5.91 Å². The predicted molar refractivity (Wildman–Crippen MR) is 119 cm³/mol. The number of amides is 1. The van der Waals surface area contributed by atoms with Gasteiger partial charge in [-0.05, 0) is 24.3 Å². The second-order valence-corrected chi connectivity index (χ2v) is 7.15. The van der Waals surface area contributed by atoms with Crippen LogP contribution in [-0.2, 0) is 4.79 Å². The van der Waals surface area contributed by atoms with E-state index < -0.39 is 5.92 Å². The zero-order chi connectivity index (χ0) is 21.8. The Morgan fingerprint density at radius 2 is 1.55 bits per heavy atom. The predicted octanol–water partition coefficient (Wildman–Crippen LogP) is 4.76. The van der Waals surface area contributed by atoms with Crippen LogP contribution in [-0.4, -0.2) is 27.4 Å². The molecule has 1 unspecified atom stereocenters. The number of hydrogen-bond acceptors (Lipinski definition) is 4. The summed E-state index contributed by atoms with van der Waals surface area (Å²) in [5.41, 5.74) is 2.69. The van der Waals surface area contributed by atoms with E-state index in [1.165, 1.54) is 0 Å². The lowest BCUT2D eigenvalue weighted by molar-refractivity contribution is -0.115. The van der Waals surface area contributed by atoms with Crippen LogP contribution < -0.4 is 5.32 Å². The molecule has 1 amide bonds. The first-order valence-electron chi connectivity index (χ1n) is 10.0. The number of rotatable bonds is 7. The minimum absolute atomic E-state index is 0.154. The number of carbonyl (C=O) groups excluding carboxylic acids is 3. The fraction of sp³-hybridized carbons (Fsp3) is 0.120. The summed E-state index contributed by atoms with van der Waals surface area (Å²) in [6.45, 7) is 1.75. The number of benzene rings is 3. The van der Waals surface area contributed by atoms with Crippen LogP contribution in [0.3, 0.4) is 0 Å². The van der Waals surface area contributed by atoms with Crippen LogP contribution >= 0.6 is 0 Å². The molecule has 0 aliphatic rings. The minimum atomic E-state index is -1.13. The van der Waals surface area contributed by atoms with E-state index in [0.29, 0.717) is 34.6 Å². The summed E-state index contributed by atoms with van der Waals surface area (Å²) in [6, 6.07) is 22.7. The Morgan fingerprint density at radius 3 is 2.29 bits per heavy atom. The first-order valence-corrected chi connectivity index (χ1v) is 10.0. The number of nitrogens with one attached hydrogen (secondary N) is 2. The number of carbonyl (C=O) groups is 3. The third-order valence-electron chi connectivity index (χ3n) is 5.02. The number of hydrogen-bond donors (Lipinski definition) is 2. The average molecular weight is 411 g/mol. The highest BCUT2D eigenvalue weighted by atomic mass is 16.2. The largest absolute Gasteiger partial charge is 0.341 e. The summed E-state index contributed by atoms with van der Waals surface area (Å²) < 4.78 is 0. The van der Waals surface area contributed by atoms with Gasteiger partial charge in [0.05, 0.1) is 11.0 Å². The van der Waals surface area contributed by atoms with Crippen molar-refractivity contribution in [2.24, 2.45) is 0 Å². The monoisotopic (exact) mass is 411 g/mol. The van der Waals surface area contributed by atoms with Gasteiger partial charge in [0.15, 0.2) is 11.6 Å². The quantitative estimate of drug-likeness (QED) is 0.339. The molecule has 0 fully saturated rings. The number of fused-ring (bicyclic) bond motifs is 1. The average Bonchev–Trinajstić information content (AvgIpc) is 3.23. The van der Waals surface area contributed by atoms with Crippen LogP contribution in [0, 0.1) is 0 Å². The van der Waals surface area contributed by atoms with E-state index in [4.69, 9.17) is 0 Å². The van der Waals surface area contributed by atoms with Crippen molar-refractivity contribution in [1.82, 2.24) is 9.97 Å². The number of aromatic amines is 1. The van der Waals surface area contributed by atoms with Crippen molar-refractivity contribution >= 4 is 34.2 Å². The molecule has 0 bridgehead atoms. The van der Waals surface area contributed by atoms with Crippen molar-refractivity contribution in [3.63, 3.8) is 0 Å². The zero-order valence-corrected chi connectivity index (χ0v) is 17.0. The molecule has 4 rings (SSSR count). The van der Waals surface area contributed by atoms with Crippen LogP contribution in [0.15, 0.2) is 78.9 Å². The Morgan fingerprint density at radius 1 is 0.871 bits per heavy atom. The SMILES string of the molecule is CCC(=O)Nc1cccc(C(=O)C(C(=O)c2ccccc2)c2nc3ccccc3[nH]2)c1. The van der Waals surface area contributed by atoms with E-state index >= 15 is 0 Å². The van der Waals surface area contributed by atoms with Crippen molar-refractivity contribution in [2.75, 3.05) is 5.32 Å². The number of ketones is 2. The molecule has 1 aromatic heterocycles. The molecule has 6 nitrogen and oxygen atoms in total. The van der Waals surface area contributed by atoms with Crippen LogP contribution in [0.5, 0.6) is 0 Å². The van der Waals surface area contributed by atoms with E-state index in [-0.39, 0.29) is 17.5 Å². The van der Waals surface area contributed by atoms with Gasteiger partial charge in [-0.2, -0.15) is 0 Å². The number of aromatic nitrogens is 2. The van der Waals surface area contributed by atoms with E-state index in [0.717, 1.165) is 5.52 Å². The van der Waals surface area contributed by atoms with Crippen LogP contribution in [0.4, 0.5) is 5.69 Å². The van der Waals surface area contributed by atoms with Crippen LogP contribution in [0.25, 0.3) is 11.0 Å². The van der Waals surface area contributed by atoms with Crippen LogP contribution in [0.1, 0.15) is 45.8 Å². The second-order valence-electron chi connectivity index (χ2n) is 7.15. The smallest absolute Gasteiger partial charge is 0.224 e. The normalized spacial score (nSPS) is 11.8. The Bertz CT molecular complexity index is 1230. The molecule has 0 spiro atoms. The van der Waals surface area contributed by atoms with E-state index in [9.17, 15) is 14.4 Å². The number of H-pyrrole nitrogens is 1. The summed E-state index contributed by atoms with van der Waals surface area (Å²) in [4.78, 5) is 46.3. The van der Waals surface area contributed by atoms with E-state index in [2.05, 4.69) is 15.3 Å². The third-order valence-corrected chi connectivity index (χ3v) is 5.02. The lowest BCUT2D eigenvalue weighted by atomic mass is 9.89. The molecule has 0 saturated heterocycles. The molecular formula is C25H21N3O3. The molecule has 4 aromatic rings. The van der Waals surface area contributed by atoms with Gasteiger partial charge in [-0.25, -0.2) is 4.98 Å². The second kappa shape index (κ2) is 8.75. The summed E-state index contributed by atoms with van der Waals surface area (Å²) in [6.07, 6.45) is 0.326. The molecule has 2 N–H and O–H groups in total. The highest BCUT2D eigenvalue weighted by molar-refractivity contribution is 6.20. The summed E-state index contributed by atoms with van der Waals surface area (Å²) >= 11 is 0. The standard InChI is InChI=1S/C25H21N3O3/c1-2-21(29)26-18-12-8-11-17(15-18)24(31)22(23(30)16-9-4-3-5-10-16)25-27-19-13-6-7-14-20(19)28-25/h3-15,22H,2H2,1H3,(H,26,29)(H,27,28). The maximum absolute atomic E-state index is 13.6. The lowest BCUT2D eigenvalue weighted by Gasteiger charge is -2.14. The molecule has 1 heterocycles. The Balaban J connectivity index is 1.77. The lowest BCUT2D eigenvalue weighted by Crippen LogP contribution is -2.24. The van der Waals surface area contributed by atoms with Gasteiger partial charge in [-0.1, -0.05) is 61.5 Å². The van der Waals surface area contributed by atoms with Gasteiger partial charge >= 0.3 is 0 Å². The van der Waals surface area contributed by atoms with Crippen molar-refractivity contribution in [1.29, 1.82) is 0 Å². The topological polar surface area (TPSA) is 91.9 Å². The maximum Gasteiger partial charge on any atom is 0.224 e. The number of para-hydroxylation sites is 2. The molecule has 1 atom stereocenters. The Kier molecular flexibility index (Phi) is 5.71. The van der Waals surface area contributed by atoms with Crippen molar-refractivity contribution < 1.29 is 14.4 Å². The van der Waals surface area contributed by atoms with Gasteiger partial charge in [-0.3, -0.25) is 14.4 Å². The zero-order valence-electron chi connectivity index (χ0n) is 17.0. The van der Waals surface area contributed by atoms with Crippen molar-refractivity contribution in [3.05, 3.63) is 95.8 Å². The molecule has 0 aliphatic heterocycles. The van der Waals surface area contributed by atoms with Crippen molar-refractivity contribution in [2.45, 2.75) is 19.3 Å². The van der Waals surface area contributed by atoms with E-state index in [1.54, 1.807) is 55.5 Å². The van der Waals surface area contributed by atoms with Gasteiger partial charge in [-0.15, -0.1) is 0 Å². The first-order chi connectivity index (χ1) is 15.1. The molecule has 0 saturated carbocycles. The van der Waals surface area contributed by atoms with Gasteiger partial charge < -0.3 is 10.3 Å². The van der Waals surface area contributed by atoms with Crippen LogP contribution in [0.2, 0.25) is 0 Å². The molecule has 31 heavy (non-hydrogen) atoms.